The molecule has 0 radical (unpaired) electrons. The third kappa shape index (κ3) is 2.44. The van der Waals surface area contributed by atoms with Gasteiger partial charge in [-0.3, -0.25) is 9.80 Å². The Hall–Kier alpha value is -2.48. The van der Waals surface area contributed by atoms with Gasteiger partial charge < -0.3 is 9.67 Å². The van der Waals surface area contributed by atoms with Crippen molar-refractivity contribution in [3.8, 4) is 0 Å². The van der Waals surface area contributed by atoms with E-state index in [1.165, 1.54) is 6.20 Å². The largest absolute Gasteiger partial charge is 0.477 e. The molecule has 0 spiro atoms. The monoisotopic (exact) mass is 320 g/mol. The van der Waals surface area contributed by atoms with E-state index in [4.69, 9.17) is 5.11 Å². The van der Waals surface area contributed by atoms with Gasteiger partial charge in [-0.1, -0.05) is 0 Å². The quantitative estimate of drug-likeness (QED) is 0.919. The number of aromatic nitrogens is 2. The van der Waals surface area contributed by atoms with Gasteiger partial charge in [-0.05, 0) is 19.4 Å². The topological polar surface area (TPSA) is 78.7 Å². The lowest BCUT2D eigenvalue weighted by Crippen LogP contribution is -2.34. The van der Waals surface area contributed by atoms with Crippen LogP contribution in [0.4, 0.5) is 10.2 Å². The highest BCUT2D eigenvalue weighted by molar-refractivity contribution is 5.92. The molecular formula is C15H17FN4O3. The van der Waals surface area contributed by atoms with E-state index in [1.807, 2.05) is 19.0 Å². The molecule has 0 saturated carbocycles. The molecule has 23 heavy (non-hydrogen) atoms. The van der Waals surface area contributed by atoms with E-state index in [9.17, 15) is 14.0 Å². The predicted molar refractivity (Wildman–Crippen MR) is 83.2 cm³/mol. The SMILES string of the molecule is CCn1cc(C(=O)O)c(=O)c2cc(F)c(N3CCCN3C)nc21. The zero-order chi connectivity index (χ0) is 16.7. The number of anilines is 1. The Labute approximate surface area is 131 Å². The first-order chi connectivity index (χ1) is 10.9. The first-order valence-corrected chi connectivity index (χ1v) is 7.39. The second-order valence-electron chi connectivity index (χ2n) is 5.49. The van der Waals surface area contributed by atoms with Gasteiger partial charge in [-0.15, -0.1) is 0 Å². The molecule has 1 saturated heterocycles. The number of aromatic carboxylic acids is 1. The lowest BCUT2D eigenvalue weighted by molar-refractivity contribution is 0.0695. The molecule has 0 unspecified atom stereocenters. The van der Waals surface area contributed by atoms with Crippen molar-refractivity contribution in [3.05, 3.63) is 33.9 Å². The summed E-state index contributed by atoms with van der Waals surface area (Å²) in [6.45, 7) is 3.68. The number of rotatable bonds is 3. The number of carbonyl (C=O) groups is 1. The van der Waals surface area contributed by atoms with E-state index in [0.29, 0.717) is 18.7 Å². The summed E-state index contributed by atoms with van der Waals surface area (Å²) in [7, 11) is 1.85. The van der Waals surface area contributed by atoms with Crippen molar-refractivity contribution in [2.75, 3.05) is 25.1 Å². The molecule has 2 aromatic rings. The lowest BCUT2D eigenvalue weighted by Gasteiger charge is -2.25. The van der Waals surface area contributed by atoms with E-state index in [1.54, 1.807) is 9.58 Å². The molecule has 3 heterocycles. The fraction of sp³-hybridized carbons (Fsp3) is 0.400. The molecule has 1 aliphatic heterocycles. The highest BCUT2D eigenvalue weighted by atomic mass is 19.1. The van der Waals surface area contributed by atoms with Gasteiger partial charge in [0.25, 0.3) is 0 Å². The Kier molecular flexibility index (Phi) is 3.77. The number of carboxylic acids is 1. The van der Waals surface area contributed by atoms with Gasteiger partial charge in [0, 0.05) is 32.9 Å². The molecule has 0 atom stereocenters. The summed E-state index contributed by atoms with van der Waals surface area (Å²) in [5.74, 6) is -1.81. The third-order valence-corrected chi connectivity index (χ3v) is 4.06. The number of hydrogen-bond acceptors (Lipinski definition) is 5. The number of hydrogen-bond donors (Lipinski definition) is 1. The number of halogens is 1. The zero-order valence-corrected chi connectivity index (χ0v) is 12.9. The highest BCUT2D eigenvalue weighted by Crippen LogP contribution is 2.24. The minimum Gasteiger partial charge on any atom is -0.477 e. The molecular weight excluding hydrogens is 303 g/mol. The highest BCUT2D eigenvalue weighted by Gasteiger charge is 2.25. The molecule has 1 aliphatic rings. The Bertz CT molecular complexity index is 849. The van der Waals surface area contributed by atoms with E-state index in [-0.39, 0.29) is 16.8 Å². The minimum absolute atomic E-state index is 0.0187. The summed E-state index contributed by atoms with van der Waals surface area (Å²) >= 11 is 0. The Balaban J connectivity index is 2.29. The molecule has 2 aromatic heterocycles. The number of aryl methyl sites for hydroxylation is 1. The summed E-state index contributed by atoms with van der Waals surface area (Å²) in [6, 6.07) is 1.09. The maximum atomic E-state index is 14.5. The Morgan fingerprint density at radius 1 is 1.43 bits per heavy atom. The molecule has 122 valence electrons. The van der Waals surface area contributed by atoms with Crippen molar-refractivity contribution >= 4 is 22.8 Å². The normalized spacial score (nSPS) is 15.5. The molecule has 0 bridgehead atoms. The average molecular weight is 320 g/mol. The maximum absolute atomic E-state index is 14.5. The van der Waals surface area contributed by atoms with Gasteiger partial charge in [0.2, 0.25) is 5.43 Å². The van der Waals surface area contributed by atoms with Gasteiger partial charge in [-0.25, -0.2) is 19.2 Å². The van der Waals surface area contributed by atoms with Gasteiger partial charge in [0.05, 0.1) is 5.39 Å². The molecule has 1 fully saturated rings. The van der Waals surface area contributed by atoms with Crippen LogP contribution in [0.2, 0.25) is 0 Å². The van der Waals surface area contributed by atoms with Crippen LogP contribution in [0.3, 0.4) is 0 Å². The summed E-state index contributed by atoms with van der Waals surface area (Å²) in [5, 5.41) is 12.7. The van der Waals surface area contributed by atoms with Crippen molar-refractivity contribution in [2.24, 2.45) is 0 Å². The van der Waals surface area contributed by atoms with Crippen molar-refractivity contribution < 1.29 is 14.3 Å². The van der Waals surface area contributed by atoms with Gasteiger partial charge in [-0.2, -0.15) is 0 Å². The van der Waals surface area contributed by atoms with E-state index >= 15 is 0 Å². The number of nitrogens with zero attached hydrogens (tertiary/aromatic N) is 4. The van der Waals surface area contributed by atoms with Crippen LogP contribution in [0.15, 0.2) is 17.1 Å². The van der Waals surface area contributed by atoms with Gasteiger partial charge in [0.1, 0.15) is 11.2 Å². The standard InChI is InChI=1S/C15H17FN4O3/c1-3-19-8-10(15(22)23)12(21)9-7-11(16)14(17-13(9)19)20-6-4-5-18(20)2/h7-8H,3-6H2,1-2H3,(H,22,23). The van der Waals surface area contributed by atoms with Crippen molar-refractivity contribution in [3.63, 3.8) is 0 Å². The van der Waals surface area contributed by atoms with Crippen LogP contribution >= 0.6 is 0 Å². The lowest BCUT2D eigenvalue weighted by atomic mass is 10.2. The number of fused-ring (bicyclic) bond motifs is 1. The van der Waals surface area contributed by atoms with Crippen LogP contribution in [-0.2, 0) is 6.54 Å². The Morgan fingerprint density at radius 3 is 2.74 bits per heavy atom. The number of hydrazine groups is 1. The third-order valence-electron chi connectivity index (χ3n) is 4.06. The first kappa shape index (κ1) is 15.4. The van der Waals surface area contributed by atoms with Crippen molar-refractivity contribution in [2.45, 2.75) is 19.9 Å². The second kappa shape index (κ2) is 5.62. The molecule has 0 aromatic carbocycles. The zero-order valence-electron chi connectivity index (χ0n) is 12.9. The van der Waals surface area contributed by atoms with Crippen LogP contribution in [0.25, 0.3) is 11.0 Å². The van der Waals surface area contributed by atoms with E-state index in [2.05, 4.69) is 4.98 Å². The van der Waals surface area contributed by atoms with Crippen LogP contribution in [0.1, 0.15) is 23.7 Å². The fourth-order valence-corrected chi connectivity index (χ4v) is 2.86. The molecule has 7 nitrogen and oxygen atoms in total. The maximum Gasteiger partial charge on any atom is 0.341 e. The molecule has 1 N–H and O–H groups in total. The smallest absolute Gasteiger partial charge is 0.341 e. The van der Waals surface area contributed by atoms with E-state index < -0.39 is 17.2 Å². The van der Waals surface area contributed by atoms with Crippen LogP contribution in [0.5, 0.6) is 0 Å². The number of carboxylic acid groups (broad SMARTS) is 1. The van der Waals surface area contributed by atoms with Gasteiger partial charge >= 0.3 is 5.97 Å². The molecule has 0 aliphatic carbocycles. The van der Waals surface area contributed by atoms with Crippen molar-refractivity contribution in [1.29, 1.82) is 0 Å². The number of pyridine rings is 2. The van der Waals surface area contributed by atoms with Crippen LogP contribution < -0.4 is 10.4 Å². The van der Waals surface area contributed by atoms with E-state index in [0.717, 1.165) is 19.0 Å². The second-order valence-corrected chi connectivity index (χ2v) is 5.49. The molecule has 3 rings (SSSR count). The predicted octanol–water partition coefficient (Wildman–Crippen LogP) is 1.31. The summed E-state index contributed by atoms with van der Waals surface area (Å²) in [6.07, 6.45) is 2.16. The summed E-state index contributed by atoms with van der Waals surface area (Å²) in [5.41, 5.74) is -0.810. The molecule has 8 heteroatoms. The molecule has 0 amide bonds. The first-order valence-electron chi connectivity index (χ1n) is 7.39. The fourth-order valence-electron chi connectivity index (χ4n) is 2.86. The summed E-state index contributed by atoms with van der Waals surface area (Å²) in [4.78, 5) is 27.8. The average Bonchev–Trinajstić information content (AvgIpc) is 2.93. The Morgan fingerprint density at radius 2 is 2.17 bits per heavy atom. The summed E-state index contributed by atoms with van der Waals surface area (Å²) < 4.78 is 16.0. The minimum atomic E-state index is -1.33. The van der Waals surface area contributed by atoms with Gasteiger partial charge in [0.15, 0.2) is 11.6 Å². The van der Waals surface area contributed by atoms with Crippen LogP contribution in [-0.4, -0.2) is 45.8 Å². The van der Waals surface area contributed by atoms with Crippen LogP contribution in [0, 0.1) is 5.82 Å². The van der Waals surface area contributed by atoms with Crippen molar-refractivity contribution in [1.82, 2.24) is 14.6 Å².